The van der Waals surface area contributed by atoms with Gasteiger partial charge in [0.15, 0.2) is 11.3 Å². The first-order chi connectivity index (χ1) is 15.6. The smallest absolute Gasteiger partial charge is 0.322 e. The average Bonchev–Trinajstić information content (AvgIpc) is 3.48. The van der Waals surface area contributed by atoms with E-state index in [9.17, 15) is 4.79 Å². The number of allylic oxidation sites excluding steroid dienone is 1. The van der Waals surface area contributed by atoms with Crippen LogP contribution in [0.25, 0.3) is 11.3 Å². The van der Waals surface area contributed by atoms with Gasteiger partial charge in [-0.05, 0) is 30.9 Å². The van der Waals surface area contributed by atoms with Crippen LogP contribution in [0, 0.1) is 6.92 Å². The Kier molecular flexibility index (Phi) is 5.61. The first-order valence-electron chi connectivity index (χ1n) is 10.7. The highest BCUT2D eigenvalue weighted by Gasteiger charge is 2.39. The molecule has 3 aromatic rings. The van der Waals surface area contributed by atoms with E-state index in [0.717, 1.165) is 40.4 Å². The summed E-state index contributed by atoms with van der Waals surface area (Å²) in [5, 5.41) is 6.31. The molecule has 1 saturated heterocycles. The van der Waals surface area contributed by atoms with Crippen molar-refractivity contribution in [3.63, 3.8) is 0 Å². The number of urea groups is 1. The van der Waals surface area contributed by atoms with Crippen LogP contribution in [-0.4, -0.2) is 49.5 Å². The van der Waals surface area contributed by atoms with Crippen LogP contribution < -0.4 is 0 Å². The van der Waals surface area contributed by atoms with E-state index in [1.165, 1.54) is 0 Å². The van der Waals surface area contributed by atoms with Crippen LogP contribution in [-0.2, 0) is 13.1 Å². The van der Waals surface area contributed by atoms with Gasteiger partial charge in [0.2, 0.25) is 0 Å². The average molecular weight is 448 g/mol. The quantitative estimate of drug-likeness (QED) is 0.547. The second-order valence-corrected chi connectivity index (χ2v) is 8.98. The maximum atomic E-state index is 13.4. The number of rotatable bonds is 6. The molecule has 1 atom stereocenters. The van der Waals surface area contributed by atoms with Crippen molar-refractivity contribution in [3.8, 4) is 11.3 Å². The zero-order valence-corrected chi connectivity index (χ0v) is 19.0. The van der Waals surface area contributed by atoms with Gasteiger partial charge in [0.05, 0.1) is 12.2 Å². The lowest BCUT2D eigenvalue weighted by Gasteiger charge is -2.34. The standard InChI is InChI=1S/C24H25N5O2S/c1-17-16-32-24(29(17)14-19-7-6-10-25-13-19)28-12-11-27(23(28)30)15-21-18(2)26-31-22(21)20-8-4-3-5-9-20/h3-10,13,16,24H,11-12,14-15H2,1-2H3. The highest BCUT2D eigenvalue weighted by Crippen LogP contribution is 2.36. The van der Waals surface area contributed by atoms with E-state index in [-0.39, 0.29) is 11.5 Å². The molecule has 2 aliphatic heterocycles. The maximum absolute atomic E-state index is 13.4. The predicted octanol–water partition coefficient (Wildman–Crippen LogP) is 4.68. The SMILES string of the molecule is CC1=CSC(N2CCN(Cc3c(C)noc3-c3ccccc3)C2=O)N1Cc1cccnc1. The van der Waals surface area contributed by atoms with Crippen molar-refractivity contribution >= 4 is 17.8 Å². The summed E-state index contributed by atoms with van der Waals surface area (Å²) in [4.78, 5) is 23.8. The van der Waals surface area contributed by atoms with Crippen molar-refractivity contribution in [3.05, 3.63) is 82.8 Å². The van der Waals surface area contributed by atoms with E-state index < -0.39 is 0 Å². The number of pyridine rings is 1. The lowest BCUT2D eigenvalue weighted by molar-refractivity contribution is 0.149. The number of benzene rings is 1. The van der Waals surface area contributed by atoms with Gasteiger partial charge in [-0.15, -0.1) is 0 Å². The van der Waals surface area contributed by atoms with Crippen molar-refractivity contribution in [2.45, 2.75) is 32.4 Å². The molecule has 1 aromatic carbocycles. The summed E-state index contributed by atoms with van der Waals surface area (Å²) < 4.78 is 5.62. The van der Waals surface area contributed by atoms with Crippen molar-refractivity contribution in [2.75, 3.05) is 13.1 Å². The van der Waals surface area contributed by atoms with Crippen LogP contribution in [0.5, 0.6) is 0 Å². The number of carbonyl (C=O) groups excluding carboxylic acids is 1. The fourth-order valence-electron chi connectivity index (χ4n) is 4.14. The zero-order chi connectivity index (χ0) is 22.1. The van der Waals surface area contributed by atoms with Gasteiger partial charge in [-0.1, -0.05) is 53.3 Å². The Balaban J connectivity index is 1.32. The van der Waals surface area contributed by atoms with Crippen LogP contribution >= 0.6 is 11.8 Å². The summed E-state index contributed by atoms with van der Waals surface area (Å²) in [7, 11) is 0. The van der Waals surface area contributed by atoms with E-state index in [1.807, 2.05) is 59.3 Å². The van der Waals surface area contributed by atoms with E-state index in [4.69, 9.17) is 4.52 Å². The Hall–Kier alpha value is -3.26. The molecule has 2 amide bonds. The van der Waals surface area contributed by atoms with Gasteiger partial charge in [0.1, 0.15) is 0 Å². The van der Waals surface area contributed by atoms with Crippen molar-refractivity contribution in [1.29, 1.82) is 0 Å². The van der Waals surface area contributed by atoms with Gasteiger partial charge in [-0.2, -0.15) is 0 Å². The monoisotopic (exact) mass is 447 g/mol. The molecule has 32 heavy (non-hydrogen) atoms. The molecular weight excluding hydrogens is 422 g/mol. The molecule has 0 bridgehead atoms. The molecular formula is C24H25N5O2S. The molecule has 2 aliphatic rings. The highest BCUT2D eigenvalue weighted by atomic mass is 32.2. The summed E-state index contributed by atoms with van der Waals surface area (Å²) in [5.74, 6) is 0.736. The van der Waals surface area contributed by atoms with Gasteiger partial charge in [0.25, 0.3) is 0 Å². The highest BCUT2D eigenvalue weighted by molar-refractivity contribution is 8.02. The fraction of sp³-hybridized carbons (Fsp3) is 0.292. The Morgan fingerprint density at radius 1 is 1.09 bits per heavy atom. The van der Waals surface area contributed by atoms with E-state index in [0.29, 0.717) is 19.6 Å². The molecule has 4 heterocycles. The number of hydrogen-bond acceptors (Lipinski definition) is 6. The van der Waals surface area contributed by atoms with Gasteiger partial charge >= 0.3 is 6.03 Å². The molecule has 5 rings (SSSR count). The molecule has 0 saturated carbocycles. The minimum absolute atomic E-state index is 0.0430. The number of aromatic nitrogens is 2. The number of amides is 2. The van der Waals surface area contributed by atoms with E-state index in [1.54, 1.807) is 18.0 Å². The molecule has 8 heteroatoms. The van der Waals surface area contributed by atoms with Crippen LogP contribution in [0.2, 0.25) is 0 Å². The Bertz CT molecular complexity index is 1130. The molecule has 0 N–H and O–H groups in total. The summed E-state index contributed by atoms with van der Waals surface area (Å²) in [6.07, 6.45) is 3.66. The van der Waals surface area contributed by atoms with Crippen LogP contribution in [0.1, 0.15) is 23.7 Å². The molecule has 2 aromatic heterocycles. The van der Waals surface area contributed by atoms with E-state index in [2.05, 4.69) is 33.4 Å². The molecule has 0 aliphatic carbocycles. The zero-order valence-electron chi connectivity index (χ0n) is 18.1. The van der Waals surface area contributed by atoms with Gasteiger partial charge in [-0.3, -0.25) is 9.88 Å². The molecule has 164 valence electrons. The lowest BCUT2D eigenvalue weighted by Crippen LogP contribution is -2.45. The van der Waals surface area contributed by atoms with Crippen molar-refractivity contribution in [1.82, 2.24) is 24.8 Å². The van der Waals surface area contributed by atoms with Crippen LogP contribution in [0.3, 0.4) is 0 Å². The normalized spacial score (nSPS) is 18.6. The predicted molar refractivity (Wildman–Crippen MR) is 124 cm³/mol. The molecule has 7 nitrogen and oxygen atoms in total. The lowest BCUT2D eigenvalue weighted by atomic mass is 10.1. The summed E-state index contributed by atoms with van der Waals surface area (Å²) >= 11 is 1.68. The fourth-order valence-corrected chi connectivity index (χ4v) is 5.33. The molecule has 1 unspecified atom stereocenters. The minimum atomic E-state index is -0.0510. The number of aryl methyl sites for hydroxylation is 1. The third-order valence-corrected chi connectivity index (χ3v) is 7.15. The molecule has 1 fully saturated rings. The minimum Gasteiger partial charge on any atom is -0.356 e. The Labute approximate surface area is 191 Å². The largest absolute Gasteiger partial charge is 0.356 e. The van der Waals surface area contributed by atoms with E-state index >= 15 is 0 Å². The number of nitrogens with zero attached hydrogens (tertiary/aromatic N) is 5. The maximum Gasteiger partial charge on any atom is 0.322 e. The molecule has 0 radical (unpaired) electrons. The van der Waals surface area contributed by atoms with Gasteiger partial charge in [-0.25, -0.2) is 4.79 Å². The Morgan fingerprint density at radius 3 is 2.72 bits per heavy atom. The Morgan fingerprint density at radius 2 is 1.94 bits per heavy atom. The van der Waals surface area contributed by atoms with Crippen LogP contribution in [0.4, 0.5) is 4.79 Å². The number of carbonyl (C=O) groups is 1. The number of hydrogen-bond donors (Lipinski definition) is 0. The third kappa shape index (κ3) is 3.86. The summed E-state index contributed by atoms with van der Waals surface area (Å²) in [6, 6.07) is 14.0. The second kappa shape index (κ2) is 8.70. The first-order valence-corrected chi connectivity index (χ1v) is 11.6. The van der Waals surface area contributed by atoms with Crippen LogP contribution in [0.15, 0.2) is 70.5 Å². The topological polar surface area (TPSA) is 65.7 Å². The third-order valence-electron chi connectivity index (χ3n) is 5.92. The van der Waals surface area contributed by atoms with Gasteiger partial charge in [0, 0.05) is 48.9 Å². The first kappa shape index (κ1) is 20.6. The summed E-state index contributed by atoms with van der Waals surface area (Å²) in [5.41, 5.74) is 5.00. The number of thioether (sulfide) groups is 1. The van der Waals surface area contributed by atoms with Crippen molar-refractivity contribution < 1.29 is 9.32 Å². The van der Waals surface area contributed by atoms with Crippen molar-refractivity contribution in [2.24, 2.45) is 0 Å². The molecule has 0 spiro atoms. The second-order valence-electron chi connectivity index (χ2n) is 8.05. The van der Waals surface area contributed by atoms with Gasteiger partial charge < -0.3 is 14.3 Å². The summed E-state index contributed by atoms with van der Waals surface area (Å²) in [6.45, 7) is 6.59.